The summed E-state index contributed by atoms with van der Waals surface area (Å²) in [5, 5.41) is 2.98. The van der Waals surface area contributed by atoms with Gasteiger partial charge < -0.3 is 10.2 Å². The number of nitrogens with one attached hydrogen (secondary N) is 1. The average Bonchev–Trinajstić information content (AvgIpc) is 3.20. The van der Waals surface area contributed by atoms with Gasteiger partial charge in [0.1, 0.15) is 11.6 Å². The van der Waals surface area contributed by atoms with Crippen LogP contribution < -0.4 is 5.32 Å². The Morgan fingerprint density at radius 3 is 2.63 bits per heavy atom. The summed E-state index contributed by atoms with van der Waals surface area (Å²) in [5.74, 6) is 0.439. The highest BCUT2D eigenvalue weighted by molar-refractivity contribution is 6.00. The van der Waals surface area contributed by atoms with E-state index in [4.69, 9.17) is 0 Å². The molecule has 2 rings (SSSR count). The molecular weight excluding hydrogens is 240 g/mol. The number of carbonyl (C=O) groups excluding carboxylic acids is 2. The van der Waals surface area contributed by atoms with Crippen LogP contribution in [-0.2, 0) is 9.59 Å². The molecule has 0 aromatic carbocycles. The quantitative estimate of drug-likeness (QED) is 0.771. The van der Waals surface area contributed by atoms with Crippen LogP contribution in [0.5, 0.6) is 0 Å². The molecule has 0 aromatic rings. The molecule has 0 spiro atoms. The molecule has 1 aliphatic heterocycles. The van der Waals surface area contributed by atoms with E-state index in [1.165, 1.54) is 0 Å². The smallest absolute Gasteiger partial charge is 0.249 e. The molecule has 1 heterocycles. The Kier molecular flexibility index (Phi) is 3.97. The third-order valence-corrected chi connectivity index (χ3v) is 4.32. The predicted molar refractivity (Wildman–Crippen MR) is 74.5 cm³/mol. The zero-order valence-corrected chi connectivity index (χ0v) is 12.1. The van der Waals surface area contributed by atoms with Crippen LogP contribution in [0.15, 0.2) is 12.2 Å². The normalized spacial score (nSPS) is 31.9. The second-order valence-corrected chi connectivity index (χ2v) is 5.75. The number of hydrogen-bond acceptors (Lipinski definition) is 2. The minimum absolute atomic E-state index is 0.0111. The van der Waals surface area contributed by atoms with Gasteiger partial charge in [-0.2, -0.15) is 0 Å². The summed E-state index contributed by atoms with van der Waals surface area (Å²) in [7, 11) is 0. The third-order valence-electron chi connectivity index (χ3n) is 4.32. The summed E-state index contributed by atoms with van der Waals surface area (Å²) in [4.78, 5) is 26.8. The Labute approximate surface area is 115 Å². The molecule has 0 radical (unpaired) electrons. The van der Waals surface area contributed by atoms with Gasteiger partial charge in [-0.15, -0.1) is 0 Å². The van der Waals surface area contributed by atoms with Gasteiger partial charge in [-0.25, -0.2) is 0 Å². The average molecular weight is 264 g/mol. The van der Waals surface area contributed by atoms with Crippen molar-refractivity contribution in [3.63, 3.8) is 0 Å². The molecule has 4 nitrogen and oxygen atoms in total. The maximum atomic E-state index is 12.7. The van der Waals surface area contributed by atoms with Gasteiger partial charge in [-0.05, 0) is 45.4 Å². The molecule has 106 valence electrons. The van der Waals surface area contributed by atoms with Gasteiger partial charge in [0.25, 0.3) is 0 Å². The standard InChI is InChI=1S/C15H24N2O2/c1-4-6-7-10-17-12(5-2)13(18)16-15(3,14(17)19)11-8-9-11/h4,6,11-12H,5,7-10H2,1-3H3,(H,16,18)/b6-4+. The first-order chi connectivity index (χ1) is 9.04. The lowest BCUT2D eigenvalue weighted by Crippen LogP contribution is -2.70. The van der Waals surface area contributed by atoms with Crippen LogP contribution in [-0.4, -0.2) is 34.8 Å². The van der Waals surface area contributed by atoms with E-state index in [0.29, 0.717) is 18.9 Å². The summed E-state index contributed by atoms with van der Waals surface area (Å²) in [5.41, 5.74) is -0.668. The number of hydrogen-bond donors (Lipinski definition) is 1. The van der Waals surface area contributed by atoms with Crippen molar-refractivity contribution in [2.24, 2.45) is 5.92 Å². The van der Waals surface area contributed by atoms with Crippen molar-refractivity contribution < 1.29 is 9.59 Å². The summed E-state index contributed by atoms with van der Waals surface area (Å²) in [6.45, 7) is 6.45. The van der Waals surface area contributed by atoms with Gasteiger partial charge in [-0.1, -0.05) is 19.1 Å². The molecule has 1 aliphatic carbocycles. The number of nitrogens with zero attached hydrogens (tertiary/aromatic N) is 1. The Bertz CT molecular complexity index is 401. The molecule has 0 aromatic heterocycles. The number of rotatable bonds is 5. The summed E-state index contributed by atoms with van der Waals surface area (Å²) >= 11 is 0. The molecule has 2 unspecified atom stereocenters. The first-order valence-corrected chi connectivity index (χ1v) is 7.28. The van der Waals surface area contributed by atoms with Crippen molar-refractivity contribution >= 4 is 11.8 Å². The topological polar surface area (TPSA) is 49.4 Å². The second-order valence-electron chi connectivity index (χ2n) is 5.75. The molecule has 19 heavy (non-hydrogen) atoms. The SMILES string of the molecule is C/C=C/CCN1C(=O)C(C)(C2CC2)NC(=O)C1CC. The molecule has 2 atom stereocenters. The van der Waals surface area contributed by atoms with E-state index in [0.717, 1.165) is 19.3 Å². The van der Waals surface area contributed by atoms with Gasteiger partial charge in [0.2, 0.25) is 11.8 Å². The van der Waals surface area contributed by atoms with Crippen LogP contribution in [0, 0.1) is 5.92 Å². The lowest BCUT2D eigenvalue weighted by atomic mass is 9.88. The van der Waals surface area contributed by atoms with Gasteiger partial charge >= 0.3 is 0 Å². The molecule has 1 saturated heterocycles. The van der Waals surface area contributed by atoms with Gasteiger partial charge in [0, 0.05) is 6.54 Å². The minimum Gasteiger partial charge on any atom is -0.340 e. The third kappa shape index (κ3) is 2.53. The van der Waals surface area contributed by atoms with E-state index in [9.17, 15) is 9.59 Å². The number of carbonyl (C=O) groups is 2. The van der Waals surface area contributed by atoms with Crippen molar-refractivity contribution in [3.8, 4) is 0 Å². The molecule has 1 N–H and O–H groups in total. The second kappa shape index (κ2) is 5.35. The maximum Gasteiger partial charge on any atom is 0.249 e. The van der Waals surface area contributed by atoms with E-state index in [1.54, 1.807) is 4.90 Å². The monoisotopic (exact) mass is 264 g/mol. The van der Waals surface area contributed by atoms with Crippen LogP contribution >= 0.6 is 0 Å². The lowest BCUT2D eigenvalue weighted by Gasteiger charge is -2.44. The van der Waals surface area contributed by atoms with Crippen molar-refractivity contribution in [2.45, 2.75) is 58.0 Å². The minimum atomic E-state index is -0.668. The molecular formula is C15H24N2O2. The van der Waals surface area contributed by atoms with Crippen LogP contribution in [0.1, 0.15) is 46.5 Å². The molecule has 2 amide bonds. The largest absolute Gasteiger partial charge is 0.340 e. The summed E-state index contributed by atoms with van der Waals surface area (Å²) in [6, 6.07) is -0.301. The fraction of sp³-hybridized carbons (Fsp3) is 0.733. The number of piperazine rings is 1. The van der Waals surface area contributed by atoms with Crippen LogP contribution in [0.25, 0.3) is 0 Å². The Morgan fingerprint density at radius 2 is 2.11 bits per heavy atom. The number of amides is 2. The summed E-state index contributed by atoms with van der Waals surface area (Å²) in [6.07, 6.45) is 7.60. The fourth-order valence-electron chi connectivity index (χ4n) is 2.95. The molecule has 1 saturated carbocycles. The Balaban J connectivity index is 2.18. The Hall–Kier alpha value is -1.32. The van der Waals surface area contributed by atoms with E-state index in [-0.39, 0.29) is 17.9 Å². The molecule has 2 fully saturated rings. The highest BCUT2D eigenvalue weighted by atomic mass is 16.2. The predicted octanol–water partition coefficient (Wildman–Crippen LogP) is 1.86. The van der Waals surface area contributed by atoms with Crippen LogP contribution in [0.2, 0.25) is 0 Å². The van der Waals surface area contributed by atoms with Crippen LogP contribution in [0.4, 0.5) is 0 Å². The van der Waals surface area contributed by atoms with Crippen molar-refractivity contribution in [1.29, 1.82) is 0 Å². The van der Waals surface area contributed by atoms with Crippen LogP contribution in [0.3, 0.4) is 0 Å². The maximum absolute atomic E-state index is 12.7. The van der Waals surface area contributed by atoms with Crippen molar-refractivity contribution in [1.82, 2.24) is 10.2 Å². The van der Waals surface area contributed by atoms with E-state index >= 15 is 0 Å². The first kappa shape index (κ1) is 14.1. The highest BCUT2D eigenvalue weighted by Gasteiger charge is 2.54. The fourth-order valence-corrected chi connectivity index (χ4v) is 2.95. The Morgan fingerprint density at radius 1 is 1.42 bits per heavy atom. The zero-order valence-electron chi connectivity index (χ0n) is 12.1. The van der Waals surface area contributed by atoms with E-state index < -0.39 is 5.54 Å². The van der Waals surface area contributed by atoms with E-state index in [2.05, 4.69) is 5.32 Å². The molecule has 4 heteroatoms. The van der Waals surface area contributed by atoms with Gasteiger partial charge in [0.05, 0.1) is 0 Å². The van der Waals surface area contributed by atoms with Crippen molar-refractivity contribution in [3.05, 3.63) is 12.2 Å². The van der Waals surface area contributed by atoms with Gasteiger partial charge in [0.15, 0.2) is 0 Å². The highest BCUT2D eigenvalue weighted by Crippen LogP contribution is 2.42. The number of allylic oxidation sites excluding steroid dienone is 1. The lowest BCUT2D eigenvalue weighted by molar-refractivity contribution is -0.155. The zero-order chi connectivity index (χ0) is 14.0. The molecule has 0 bridgehead atoms. The molecule has 2 aliphatic rings. The summed E-state index contributed by atoms with van der Waals surface area (Å²) < 4.78 is 0. The van der Waals surface area contributed by atoms with E-state index in [1.807, 2.05) is 32.9 Å². The van der Waals surface area contributed by atoms with Crippen molar-refractivity contribution in [2.75, 3.05) is 6.54 Å². The van der Waals surface area contributed by atoms with Gasteiger partial charge in [-0.3, -0.25) is 9.59 Å². The first-order valence-electron chi connectivity index (χ1n) is 7.28.